The largest absolute Gasteiger partial charge is 0.444 e. The zero-order chi connectivity index (χ0) is 12.9. The highest BCUT2D eigenvalue weighted by molar-refractivity contribution is 5.84. The molecule has 0 heterocycles. The van der Waals surface area contributed by atoms with Crippen molar-refractivity contribution in [3.63, 3.8) is 0 Å². The van der Waals surface area contributed by atoms with Crippen LogP contribution in [0.5, 0.6) is 0 Å². The number of primary amides is 1. The maximum absolute atomic E-state index is 11.4. The molecule has 0 saturated heterocycles. The molecule has 0 aromatic rings. The molecule has 2 amide bonds. The van der Waals surface area contributed by atoms with Crippen LogP contribution in [-0.4, -0.2) is 23.6 Å². The summed E-state index contributed by atoms with van der Waals surface area (Å²) < 4.78 is 5.04. The van der Waals surface area contributed by atoms with Crippen molar-refractivity contribution >= 4 is 12.0 Å². The second-order valence-corrected chi connectivity index (χ2v) is 5.23. The van der Waals surface area contributed by atoms with Gasteiger partial charge in [0.1, 0.15) is 11.6 Å². The normalized spacial score (nSPS) is 13.4. The van der Waals surface area contributed by atoms with Crippen LogP contribution >= 0.6 is 0 Å². The number of carbonyl (C=O) groups excluding carboxylic acids is 2. The number of ether oxygens (including phenoxy) is 1. The Morgan fingerprint density at radius 1 is 1.31 bits per heavy atom. The summed E-state index contributed by atoms with van der Waals surface area (Å²) in [5.74, 6) is -0.271. The summed E-state index contributed by atoms with van der Waals surface area (Å²) in [6, 6.07) is -0.671. The second-order valence-electron chi connectivity index (χ2n) is 5.23. The summed E-state index contributed by atoms with van der Waals surface area (Å²) in [6.45, 7) is 9.18. The van der Waals surface area contributed by atoms with E-state index in [2.05, 4.69) is 5.32 Å². The lowest BCUT2D eigenvalue weighted by atomic mass is 10.0. The minimum atomic E-state index is -0.671. The van der Waals surface area contributed by atoms with Crippen molar-refractivity contribution in [3.8, 4) is 0 Å². The minimum Gasteiger partial charge on any atom is -0.444 e. The Balaban J connectivity index is 4.30. The topological polar surface area (TPSA) is 81.4 Å². The van der Waals surface area contributed by atoms with E-state index < -0.39 is 23.6 Å². The van der Waals surface area contributed by atoms with Gasteiger partial charge in [0.25, 0.3) is 0 Å². The fraction of sp³-hybridized carbons (Fsp3) is 0.818. The molecule has 1 atom stereocenters. The van der Waals surface area contributed by atoms with Crippen LogP contribution in [0, 0.1) is 5.92 Å². The van der Waals surface area contributed by atoms with Crippen LogP contribution in [0.2, 0.25) is 0 Å². The number of hydrogen-bond donors (Lipinski definition) is 2. The molecule has 0 bridgehead atoms. The van der Waals surface area contributed by atoms with E-state index in [9.17, 15) is 9.59 Å². The molecule has 3 N–H and O–H groups in total. The Bertz CT molecular complexity index is 256. The lowest BCUT2D eigenvalue weighted by Gasteiger charge is -2.23. The molecule has 0 unspecified atom stereocenters. The lowest BCUT2D eigenvalue weighted by molar-refractivity contribution is -0.120. The first-order chi connectivity index (χ1) is 7.11. The van der Waals surface area contributed by atoms with Crippen LogP contribution in [0.15, 0.2) is 0 Å². The molecule has 0 aliphatic heterocycles. The number of rotatable bonds is 4. The average molecular weight is 230 g/mol. The number of nitrogens with two attached hydrogens (primary N) is 1. The molecule has 94 valence electrons. The lowest BCUT2D eigenvalue weighted by Crippen LogP contribution is -2.46. The molecule has 0 radical (unpaired) electrons. The van der Waals surface area contributed by atoms with Crippen molar-refractivity contribution in [2.75, 3.05) is 0 Å². The van der Waals surface area contributed by atoms with E-state index in [4.69, 9.17) is 10.5 Å². The fourth-order valence-corrected chi connectivity index (χ4v) is 1.17. The summed E-state index contributed by atoms with van der Waals surface area (Å²) in [4.78, 5) is 22.5. The first kappa shape index (κ1) is 14.7. The van der Waals surface area contributed by atoms with Crippen molar-refractivity contribution in [2.45, 2.75) is 52.7 Å². The predicted molar refractivity (Wildman–Crippen MR) is 61.8 cm³/mol. The van der Waals surface area contributed by atoms with E-state index in [1.807, 2.05) is 13.8 Å². The number of nitrogens with one attached hydrogen (secondary N) is 1. The fourth-order valence-electron chi connectivity index (χ4n) is 1.17. The van der Waals surface area contributed by atoms with E-state index >= 15 is 0 Å². The van der Waals surface area contributed by atoms with Crippen LogP contribution < -0.4 is 11.1 Å². The molecule has 0 aliphatic rings. The van der Waals surface area contributed by atoms with Gasteiger partial charge in [-0.3, -0.25) is 4.79 Å². The van der Waals surface area contributed by atoms with Crippen molar-refractivity contribution in [1.29, 1.82) is 0 Å². The summed E-state index contributed by atoms with van der Waals surface area (Å²) >= 11 is 0. The molecule has 5 heteroatoms. The van der Waals surface area contributed by atoms with Gasteiger partial charge in [-0.2, -0.15) is 0 Å². The van der Waals surface area contributed by atoms with Crippen LogP contribution in [0.25, 0.3) is 0 Å². The molecule has 0 saturated carbocycles. The second kappa shape index (κ2) is 5.72. The van der Waals surface area contributed by atoms with Crippen LogP contribution in [0.1, 0.15) is 41.0 Å². The standard InChI is InChI=1S/C11H22N2O3/c1-7(2)6-8(9(12)14)13-10(15)16-11(3,4)5/h7-8H,6H2,1-5H3,(H2,12,14)(H,13,15)/t8-/m1/s1. The monoisotopic (exact) mass is 230 g/mol. The smallest absolute Gasteiger partial charge is 0.408 e. The molecule has 5 nitrogen and oxygen atoms in total. The maximum atomic E-state index is 11.4. The SMILES string of the molecule is CC(C)C[C@@H](NC(=O)OC(C)(C)C)C(N)=O. The average Bonchev–Trinajstić information content (AvgIpc) is 1.97. The van der Waals surface area contributed by atoms with Gasteiger partial charge in [0, 0.05) is 0 Å². The zero-order valence-electron chi connectivity index (χ0n) is 10.7. The third-order valence-corrected chi connectivity index (χ3v) is 1.74. The van der Waals surface area contributed by atoms with Crippen LogP contribution in [-0.2, 0) is 9.53 Å². The molecule has 0 rings (SSSR count). The molecule has 16 heavy (non-hydrogen) atoms. The Morgan fingerprint density at radius 2 is 1.81 bits per heavy atom. The molecule has 0 spiro atoms. The zero-order valence-corrected chi connectivity index (χ0v) is 10.7. The van der Waals surface area contributed by atoms with Crippen LogP contribution in [0.3, 0.4) is 0 Å². The highest BCUT2D eigenvalue weighted by Crippen LogP contribution is 2.09. The number of amides is 2. The Labute approximate surface area is 96.7 Å². The van der Waals surface area contributed by atoms with E-state index in [0.717, 1.165) is 0 Å². The van der Waals surface area contributed by atoms with E-state index in [1.165, 1.54) is 0 Å². The van der Waals surface area contributed by atoms with Gasteiger partial charge >= 0.3 is 6.09 Å². The Hall–Kier alpha value is -1.26. The van der Waals surface area contributed by atoms with Crippen molar-refractivity contribution in [1.82, 2.24) is 5.32 Å². The van der Waals surface area contributed by atoms with Gasteiger partial charge in [-0.1, -0.05) is 13.8 Å². The van der Waals surface area contributed by atoms with E-state index in [1.54, 1.807) is 20.8 Å². The van der Waals surface area contributed by atoms with Crippen LogP contribution in [0.4, 0.5) is 4.79 Å². The number of hydrogen-bond acceptors (Lipinski definition) is 3. The van der Waals surface area contributed by atoms with Crippen molar-refractivity contribution in [3.05, 3.63) is 0 Å². The van der Waals surface area contributed by atoms with Crippen molar-refractivity contribution in [2.24, 2.45) is 11.7 Å². The molecule has 0 aromatic heterocycles. The van der Waals surface area contributed by atoms with E-state index in [0.29, 0.717) is 6.42 Å². The highest BCUT2D eigenvalue weighted by Gasteiger charge is 2.23. The third kappa shape index (κ3) is 7.09. The summed E-state index contributed by atoms with van der Waals surface area (Å²) in [7, 11) is 0. The molecular weight excluding hydrogens is 208 g/mol. The summed E-state index contributed by atoms with van der Waals surface area (Å²) in [5.41, 5.74) is 4.61. The highest BCUT2D eigenvalue weighted by atomic mass is 16.6. The minimum absolute atomic E-state index is 0.271. The van der Waals surface area contributed by atoms with Gasteiger partial charge < -0.3 is 15.8 Å². The van der Waals surface area contributed by atoms with Gasteiger partial charge in [-0.15, -0.1) is 0 Å². The number of alkyl carbamates (subject to hydrolysis) is 1. The first-order valence-electron chi connectivity index (χ1n) is 5.40. The van der Waals surface area contributed by atoms with Gasteiger partial charge in [-0.05, 0) is 33.1 Å². The third-order valence-electron chi connectivity index (χ3n) is 1.74. The van der Waals surface area contributed by atoms with E-state index in [-0.39, 0.29) is 5.92 Å². The Morgan fingerprint density at radius 3 is 2.12 bits per heavy atom. The van der Waals surface area contributed by atoms with Gasteiger partial charge in [-0.25, -0.2) is 4.79 Å². The molecule has 0 fully saturated rings. The van der Waals surface area contributed by atoms with Gasteiger partial charge in [0.05, 0.1) is 0 Å². The van der Waals surface area contributed by atoms with Gasteiger partial charge in [0.2, 0.25) is 5.91 Å². The summed E-state index contributed by atoms with van der Waals surface area (Å²) in [5, 5.41) is 2.47. The molecule has 0 aromatic carbocycles. The Kier molecular flexibility index (Phi) is 5.27. The molecule has 0 aliphatic carbocycles. The van der Waals surface area contributed by atoms with Crippen molar-refractivity contribution < 1.29 is 14.3 Å². The van der Waals surface area contributed by atoms with Gasteiger partial charge in [0.15, 0.2) is 0 Å². The molecular formula is C11H22N2O3. The predicted octanol–water partition coefficient (Wildman–Crippen LogP) is 1.41. The summed E-state index contributed by atoms with van der Waals surface area (Å²) in [6.07, 6.45) is -0.105. The first-order valence-corrected chi connectivity index (χ1v) is 5.40. The quantitative estimate of drug-likeness (QED) is 0.766. The maximum Gasteiger partial charge on any atom is 0.408 e. The number of carbonyl (C=O) groups is 2.